The smallest absolute Gasteiger partial charge is 0.129 e. The second-order valence-electron chi connectivity index (χ2n) is 3.81. The molecule has 2 aromatic rings. The van der Waals surface area contributed by atoms with Crippen LogP contribution in [0.5, 0.6) is 5.75 Å². The first-order valence-electron chi connectivity index (χ1n) is 5.22. The quantitative estimate of drug-likeness (QED) is 0.808. The van der Waals surface area contributed by atoms with Gasteiger partial charge in [-0.25, -0.2) is 0 Å². The third kappa shape index (κ3) is 1.74. The molecule has 0 bridgehead atoms. The monoisotopic (exact) mass is 217 g/mol. The molecule has 0 radical (unpaired) electrons. The van der Waals surface area contributed by atoms with E-state index in [4.69, 9.17) is 5.73 Å². The van der Waals surface area contributed by atoms with Crippen molar-refractivity contribution in [2.45, 2.75) is 13.3 Å². The Bertz CT molecular complexity index is 517. The summed E-state index contributed by atoms with van der Waals surface area (Å²) in [6, 6.07) is 5.48. The number of nitrogens with zero attached hydrogens (tertiary/aromatic N) is 2. The van der Waals surface area contributed by atoms with E-state index in [0.29, 0.717) is 5.82 Å². The van der Waals surface area contributed by atoms with Crippen molar-refractivity contribution in [2.24, 2.45) is 7.05 Å². The van der Waals surface area contributed by atoms with E-state index in [1.165, 1.54) is 0 Å². The van der Waals surface area contributed by atoms with Gasteiger partial charge in [0.1, 0.15) is 11.6 Å². The third-order valence-electron chi connectivity index (χ3n) is 2.68. The Morgan fingerprint density at radius 1 is 1.38 bits per heavy atom. The Kier molecular flexibility index (Phi) is 2.56. The minimum atomic E-state index is 0.262. The van der Waals surface area contributed by atoms with Crippen molar-refractivity contribution in [3.63, 3.8) is 0 Å². The molecule has 0 spiro atoms. The number of phenolic OH excluding ortho intramolecular Hbond substituents is 1. The number of nitrogen functional groups attached to an aromatic ring is 1. The number of benzene rings is 1. The van der Waals surface area contributed by atoms with E-state index in [2.05, 4.69) is 5.10 Å². The van der Waals surface area contributed by atoms with E-state index < -0.39 is 0 Å². The summed E-state index contributed by atoms with van der Waals surface area (Å²) in [5, 5.41) is 13.7. The molecule has 1 heterocycles. The zero-order valence-electron chi connectivity index (χ0n) is 9.44. The predicted octanol–water partition coefficient (Wildman–Crippen LogP) is 1.94. The van der Waals surface area contributed by atoms with Crippen LogP contribution in [0.1, 0.15) is 12.5 Å². The van der Waals surface area contributed by atoms with Crippen LogP contribution in [-0.4, -0.2) is 14.9 Å². The lowest BCUT2D eigenvalue weighted by molar-refractivity contribution is 0.475. The van der Waals surface area contributed by atoms with Gasteiger partial charge in [0.15, 0.2) is 0 Å². The molecule has 0 aliphatic carbocycles. The molecule has 3 N–H and O–H groups in total. The van der Waals surface area contributed by atoms with E-state index in [0.717, 1.165) is 23.1 Å². The Morgan fingerprint density at radius 2 is 2.12 bits per heavy atom. The SMILES string of the molecule is CCc1cc(O)cc(-c2cnn(C)c2N)c1. The lowest BCUT2D eigenvalue weighted by Crippen LogP contribution is -1.98. The van der Waals surface area contributed by atoms with Crippen molar-refractivity contribution in [2.75, 3.05) is 5.73 Å². The topological polar surface area (TPSA) is 64.1 Å². The van der Waals surface area contributed by atoms with Gasteiger partial charge in [-0.1, -0.05) is 13.0 Å². The van der Waals surface area contributed by atoms with Crippen LogP contribution in [0.3, 0.4) is 0 Å². The van der Waals surface area contributed by atoms with Gasteiger partial charge in [0.25, 0.3) is 0 Å². The molecule has 84 valence electrons. The van der Waals surface area contributed by atoms with Gasteiger partial charge in [-0.15, -0.1) is 0 Å². The van der Waals surface area contributed by atoms with Gasteiger partial charge in [-0.2, -0.15) is 5.10 Å². The van der Waals surface area contributed by atoms with Crippen LogP contribution in [0.2, 0.25) is 0 Å². The summed E-state index contributed by atoms with van der Waals surface area (Å²) in [6.07, 6.45) is 2.59. The highest BCUT2D eigenvalue weighted by Gasteiger charge is 2.09. The minimum Gasteiger partial charge on any atom is -0.508 e. The Balaban J connectivity index is 2.55. The molecular formula is C12H15N3O. The van der Waals surface area contributed by atoms with Crippen LogP contribution in [-0.2, 0) is 13.5 Å². The number of phenols is 1. The molecule has 4 nitrogen and oxygen atoms in total. The van der Waals surface area contributed by atoms with E-state index in [9.17, 15) is 5.11 Å². The summed E-state index contributed by atoms with van der Waals surface area (Å²) in [4.78, 5) is 0. The van der Waals surface area contributed by atoms with Crippen molar-refractivity contribution in [3.8, 4) is 16.9 Å². The second-order valence-corrected chi connectivity index (χ2v) is 3.81. The van der Waals surface area contributed by atoms with Crippen LogP contribution in [0.15, 0.2) is 24.4 Å². The fraction of sp³-hybridized carbons (Fsp3) is 0.250. The number of nitrogens with two attached hydrogens (primary N) is 1. The highest BCUT2D eigenvalue weighted by molar-refractivity contribution is 5.74. The fourth-order valence-corrected chi connectivity index (χ4v) is 1.70. The first-order valence-corrected chi connectivity index (χ1v) is 5.22. The summed E-state index contributed by atoms with van der Waals surface area (Å²) >= 11 is 0. The molecule has 0 fully saturated rings. The van der Waals surface area contributed by atoms with Crippen molar-refractivity contribution in [1.82, 2.24) is 9.78 Å². The van der Waals surface area contributed by atoms with E-state index in [1.807, 2.05) is 13.0 Å². The molecule has 16 heavy (non-hydrogen) atoms. The Morgan fingerprint density at radius 3 is 2.69 bits per heavy atom. The number of aromatic hydroxyl groups is 1. The third-order valence-corrected chi connectivity index (χ3v) is 2.68. The molecule has 2 rings (SSSR count). The van der Waals surface area contributed by atoms with Crippen LogP contribution < -0.4 is 5.73 Å². The van der Waals surface area contributed by atoms with Gasteiger partial charge in [-0.3, -0.25) is 4.68 Å². The number of hydrogen-bond acceptors (Lipinski definition) is 3. The molecule has 1 aromatic carbocycles. The van der Waals surface area contributed by atoms with Gasteiger partial charge in [0.05, 0.1) is 6.20 Å². The molecule has 0 saturated carbocycles. The first-order chi connectivity index (χ1) is 7.61. The summed E-state index contributed by atoms with van der Waals surface area (Å²) in [5.74, 6) is 0.866. The van der Waals surface area contributed by atoms with Gasteiger partial charge >= 0.3 is 0 Å². The van der Waals surface area contributed by atoms with Crippen molar-refractivity contribution >= 4 is 5.82 Å². The molecule has 0 unspecified atom stereocenters. The summed E-state index contributed by atoms with van der Waals surface area (Å²) in [5.41, 5.74) is 8.74. The van der Waals surface area contributed by atoms with Gasteiger partial charge in [0.2, 0.25) is 0 Å². The largest absolute Gasteiger partial charge is 0.508 e. The highest BCUT2D eigenvalue weighted by Crippen LogP contribution is 2.29. The Hall–Kier alpha value is -1.97. The zero-order chi connectivity index (χ0) is 11.7. The van der Waals surface area contributed by atoms with Crippen LogP contribution >= 0.6 is 0 Å². The fourth-order valence-electron chi connectivity index (χ4n) is 1.70. The number of aryl methyl sites for hydroxylation is 2. The molecular weight excluding hydrogens is 202 g/mol. The molecule has 0 saturated heterocycles. The summed E-state index contributed by atoms with van der Waals surface area (Å²) in [7, 11) is 1.79. The Labute approximate surface area is 94.3 Å². The average Bonchev–Trinajstić information content (AvgIpc) is 2.59. The average molecular weight is 217 g/mol. The van der Waals surface area contributed by atoms with Crippen LogP contribution in [0, 0.1) is 0 Å². The highest BCUT2D eigenvalue weighted by atomic mass is 16.3. The molecule has 0 aliphatic heterocycles. The van der Waals surface area contributed by atoms with E-state index in [-0.39, 0.29) is 5.75 Å². The lowest BCUT2D eigenvalue weighted by atomic mass is 10.0. The maximum Gasteiger partial charge on any atom is 0.129 e. The van der Waals surface area contributed by atoms with Crippen LogP contribution in [0.25, 0.3) is 11.1 Å². The maximum atomic E-state index is 9.62. The van der Waals surface area contributed by atoms with E-state index in [1.54, 1.807) is 30.1 Å². The van der Waals surface area contributed by atoms with Crippen molar-refractivity contribution in [3.05, 3.63) is 30.0 Å². The molecule has 0 aliphatic rings. The number of rotatable bonds is 2. The number of aromatic nitrogens is 2. The number of anilines is 1. The minimum absolute atomic E-state index is 0.262. The molecule has 4 heteroatoms. The zero-order valence-corrected chi connectivity index (χ0v) is 9.44. The molecule has 1 aromatic heterocycles. The standard InChI is InChI=1S/C12H15N3O/c1-3-8-4-9(6-10(16)5-8)11-7-14-15(2)12(11)13/h4-7,16H,3,13H2,1-2H3. The summed E-state index contributed by atoms with van der Waals surface area (Å²) in [6.45, 7) is 2.05. The van der Waals surface area contributed by atoms with Crippen LogP contribution in [0.4, 0.5) is 5.82 Å². The normalized spacial score (nSPS) is 10.6. The van der Waals surface area contributed by atoms with Gasteiger partial charge in [-0.05, 0) is 29.7 Å². The number of hydrogen-bond donors (Lipinski definition) is 2. The lowest BCUT2D eigenvalue weighted by Gasteiger charge is -2.05. The van der Waals surface area contributed by atoms with Gasteiger partial charge < -0.3 is 10.8 Å². The first kappa shape index (κ1) is 10.5. The molecule has 0 atom stereocenters. The summed E-state index contributed by atoms with van der Waals surface area (Å²) < 4.78 is 1.62. The maximum absolute atomic E-state index is 9.62. The van der Waals surface area contributed by atoms with Crippen molar-refractivity contribution < 1.29 is 5.11 Å². The predicted molar refractivity (Wildman–Crippen MR) is 64.1 cm³/mol. The molecule has 0 amide bonds. The van der Waals surface area contributed by atoms with E-state index >= 15 is 0 Å². The van der Waals surface area contributed by atoms with Gasteiger partial charge in [0, 0.05) is 12.6 Å². The second kappa shape index (κ2) is 3.89. The van der Waals surface area contributed by atoms with Crippen molar-refractivity contribution in [1.29, 1.82) is 0 Å².